The summed E-state index contributed by atoms with van der Waals surface area (Å²) >= 11 is 0. The first-order valence-corrected chi connectivity index (χ1v) is 8.12. The van der Waals surface area contributed by atoms with Crippen molar-refractivity contribution in [3.63, 3.8) is 0 Å². The molecule has 0 bridgehead atoms. The van der Waals surface area contributed by atoms with E-state index in [9.17, 15) is 9.59 Å². The van der Waals surface area contributed by atoms with Crippen LogP contribution in [-0.2, 0) is 16.0 Å². The van der Waals surface area contributed by atoms with Crippen molar-refractivity contribution in [2.45, 2.75) is 32.9 Å². The topological polar surface area (TPSA) is 77.8 Å². The van der Waals surface area contributed by atoms with Gasteiger partial charge in [-0.1, -0.05) is 6.92 Å². The molecule has 1 N–H and O–H groups in total. The molecule has 0 radical (unpaired) electrons. The summed E-state index contributed by atoms with van der Waals surface area (Å²) in [6.45, 7) is 4.82. The van der Waals surface area contributed by atoms with Crippen LogP contribution in [0.15, 0.2) is 34.7 Å². The molecule has 1 aromatic carbocycles. The van der Waals surface area contributed by atoms with E-state index in [1.807, 2.05) is 12.1 Å². The van der Waals surface area contributed by atoms with E-state index in [-0.39, 0.29) is 11.1 Å². The second kappa shape index (κ2) is 8.48. The number of furan rings is 1. The number of esters is 2. The number of carbonyl (C=O) groups is 2. The van der Waals surface area contributed by atoms with E-state index >= 15 is 0 Å². The van der Waals surface area contributed by atoms with E-state index in [1.165, 1.54) is 20.3 Å². The lowest BCUT2D eigenvalue weighted by Crippen LogP contribution is -2.24. The minimum absolute atomic E-state index is 0.260. The Hall–Kier alpha value is -2.60. The Kier molecular flexibility index (Phi) is 6.36. The van der Waals surface area contributed by atoms with Crippen LogP contribution in [-0.4, -0.2) is 32.2 Å². The van der Waals surface area contributed by atoms with Crippen molar-refractivity contribution in [2.75, 3.05) is 14.2 Å². The van der Waals surface area contributed by atoms with Crippen LogP contribution in [0.4, 0.5) is 0 Å². The van der Waals surface area contributed by atoms with Gasteiger partial charge >= 0.3 is 11.9 Å². The second-order valence-electron chi connectivity index (χ2n) is 5.74. The summed E-state index contributed by atoms with van der Waals surface area (Å²) in [6, 6.07) is 8.77. The highest BCUT2D eigenvalue weighted by Crippen LogP contribution is 2.25. The van der Waals surface area contributed by atoms with Crippen LogP contribution in [0.25, 0.3) is 11.3 Å². The van der Waals surface area contributed by atoms with Gasteiger partial charge in [0, 0.05) is 11.6 Å². The van der Waals surface area contributed by atoms with Crippen LogP contribution in [0.1, 0.15) is 46.7 Å². The highest BCUT2D eigenvalue weighted by Gasteiger charge is 2.16. The van der Waals surface area contributed by atoms with Gasteiger partial charge < -0.3 is 19.2 Å². The summed E-state index contributed by atoms with van der Waals surface area (Å²) in [5.74, 6) is 0.282. The van der Waals surface area contributed by atoms with Gasteiger partial charge in [-0.3, -0.25) is 0 Å². The third kappa shape index (κ3) is 4.70. The Labute approximate surface area is 147 Å². The molecule has 134 valence electrons. The number of nitrogens with one attached hydrogen (secondary N) is 1. The van der Waals surface area contributed by atoms with Gasteiger partial charge in [-0.15, -0.1) is 0 Å². The monoisotopic (exact) mass is 345 g/mol. The molecule has 0 saturated heterocycles. The number of carbonyl (C=O) groups excluding carboxylic acids is 2. The predicted molar refractivity (Wildman–Crippen MR) is 93.4 cm³/mol. The summed E-state index contributed by atoms with van der Waals surface area (Å²) in [5, 5.41) is 3.35. The van der Waals surface area contributed by atoms with Crippen LogP contribution in [0.5, 0.6) is 0 Å². The van der Waals surface area contributed by atoms with Crippen LogP contribution < -0.4 is 5.32 Å². The number of rotatable bonds is 7. The molecule has 0 spiro atoms. The maximum Gasteiger partial charge on any atom is 0.337 e. The van der Waals surface area contributed by atoms with Gasteiger partial charge in [0.05, 0.1) is 31.9 Å². The number of hydrogen-bond acceptors (Lipinski definition) is 6. The van der Waals surface area contributed by atoms with Crippen molar-refractivity contribution in [1.29, 1.82) is 0 Å². The second-order valence-corrected chi connectivity index (χ2v) is 5.74. The van der Waals surface area contributed by atoms with Gasteiger partial charge in [0.1, 0.15) is 11.5 Å². The summed E-state index contributed by atoms with van der Waals surface area (Å²) in [4.78, 5) is 23.7. The van der Waals surface area contributed by atoms with Crippen molar-refractivity contribution >= 4 is 11.9 Å². The number of hydrogen-bond donors (Lipinski definition) is 1. The fourth-order valence-corrected chi connectivity index (χ4v) is 2.29. The summed E-state index contributed by atoms with van der Waals surface area (Å²) < 4.78 is 15.3. The Balaban J connectivity index is 2.33. The lowest BCUT2D eigenvalue weighted by Gasteiger charge is -2.09. The molecule has 0 aliphatic heterocycles. The van der Waals surface area contributed by atoms with Gasteiger partial charge in [-0.05, 0) is 43.7 Å². The lowest BCUT2D eigenvalue weighted by atomic mass is 10.0. The van der Waals surface area contributed by atoms with Gasteiger partial charge in [-0.25, -0.2) is 9.59 Å². The van der Waals surface area contributed by atoms with E-state index in [2.05, 4.69) is 19.2 Å². The van der Waals surface area contributed by atoms with Crippen LogP contribution in [0, 0.1) is 0 Å². The van der Waals surface area contributed by atoms with E-state index in [0.29, 0.717) is 23.9 Å². The van der Waals surface area contributed by atoms with Gasteiger partial charge in [0.2, 0.25) is 0 Å². The molecule has 1 atom stereocenters. The molecule has 1 heterocycles. The fourth-order valence-electron chi connectivity index (χ4n) is 2.29. The molecule has 0 amide bonds. The van der Waals surface area contributed by atoms with Crippen LogP contribution in [0.3, 0.4) is 0 Å². The molecule has 2 rings (SSSR count). The zero-order valence-corrected chi connectivity index (χ0v) is 14.9. The zero-order valence-electron chi connectivity index (χ0n) is 14.9. The largest absolute Gasteiger partial charge is 0.465 e. The molecular formula is C19H23NO5. The van der Waals surface area contributed by atoms with Gasteiger partial charge in [-0.2, -0.15) is 0 Å². The molecule has 2 aromatic rings. The Morgan fingerprint density at radius 2 is 1.68 bits per heavy atom. The minimum Gasteiger partial charge on any atom is -0.465 e. The summed E-state index contributed by atoms with van der Waals surface area (Å²) in [6.07, 6.45) is 1.03. The zero-order chi connectivity index (χ0) is 18.4. The summed E-state index contributed by atoms with van der Waals surface area (Å²) in [5.41, 5.74) is 1.13. The number of methoxy groups -OCH3 is 2. The van der Waals surface area contributed by atoms with Gasteiger partial charge in [0.25, 0.3) is 0 Å². The fraction of sp³-hybridized carbons (Fsp3) is 0.368. The Bertz CT molecular complexity index is 716. The first-order valence-electron chi connectivity index (χ1n) is 8.12. The average Bonchev–Trinajstić information content (AvgIpc) is 3.13. The van der Waals surface area contributed by atoms with Crippen molar-refractivity contribution in [1.82, 2.24) is 5.32 Å². The third-order valence-electron chi connectivity index (χ3n) is 3.96. The maximum absolute atomic E-state index is 11.9. The van der Waals surface area contributed by atoms with Crippen molar-refractivity contribution in [3.05, 3.63) is 47.2 Å². The lowest BCUT2D eigenvalue weighted by molar-refractivity contribution is 0.0599. The molecule has 0 aliphatic rings. The maximum atomic E-state index is 11.9. The molecule has 6 heteroatoms. The normalized spacial score (nSPS) is 11.8. The molecule has 0 aliphatic carbocycles. The molecular weight excluding hydrogens is 322 g/mol. The summed E-state index contributed by atoms with van der Waals surface area (Å²) in [7, 11) is 2.58. The van der Waals surface area contributed by atoms with Gasteiger partial charge in [0.15, 0.2) is 0 Å². The standard InChI is InChI=1S/C19H23NO5/c1-5-12(2)20-11-16-6-7-17(25-16)13-8-14(18(21)23-3)10-15(9-13)19(22)24-4/h6-10,12,20H,5,11H2,1-4H3/t12-/m1/s1. The predicted octanol–water partition coefficient (Wildman–Crippen LogP) is 3.41. The van der Waals surface area contributed by atoms with E-state index in [0.717, 1.165) is 12.2 Å². The third-order valence-corrected chi connectivity index (χ3v) is 3.96. The average molecular weight is 345 g/mol. The first kappa shape index (κ1) is 18.7. The van der Waals surface area contributed by atoms with E-state index in [4.69, 9.17) is 13.9 Å². The Morgan fingerprint density at radius 1 is 1.08 bits per heavy atom. The van der Waals surface area contributed by atoms with Crippen LogP contribution in [0.2, 0.25) is 0 Å². The quantitative estimate of drug-likeness (QED) is 0.775. The highest BCUT2D eigenvalue weighted by atomic mass is 16.5. The van der Waals surface area contributed by atoms with Crippen molar-refractivity contribution in [3.8, 4) is 11.3 Å². The van der Waals surface area contributed by atoms with Crippen LogP contribution >= 0.6 is 0 Å². The first-order chi connectivity index (χ1) is 12.0. The SMILES string of the molecule is CC[C@@H](C)NCc1ccc(-c2cc(C(=O)OC)cc(C(=O)OC)c2)o1. The van der Waals surface area contributed by atoms with Crippen molar-refractivity contribution < 1.29 is 23.5 Å². The molecule has 1 aromatic heterocycles. The molecule has 0 unspecified atom stereocenters. The van der Waals surface area contributed by atoms with E-state index < -0.39 is 11.9 Å². The highest BCUT2D eigenvalue weighted by molar-refractivity contribution is 5.97. The number of benzene rings is 1. The minimum atomic E-state index is -0.530. The van der Waals surface area contributed by atoms with Crippen molar-refractivity contribution in [2.24, 2.45) is 0 Å². The molecule has 25 heavy (non-hydrogen) atoms. The number of ether oxygens (including phenoxy) is 2. The molecule has 6 nitrogen and oxygen atoms in total. The smallest absolute Gasteiger partial charge is 0.337 e. The Morgan fingerprint density at radius 3 is 2.20 bits per heavy atom. The molecule has 0 saturated carbocycles. The van der Waals surface area contributed by atoms with E-state index in [1.54, 1.807) is 12.1 Å². The molecule has 0 fully saturated rings.